The molecule has 4 amide bonds. The Kier molecular flexibility index (Phi) is 8.32. The lowest BCUT2D eigenvalue weighted by Gasteiger charge is -2.30. The molecule has 2 fully saturated rings. The van der Waals surface area contributed by atoms with E-state index in [0.717, 1.165) is 38.2 Å². The number of likely N-dealkylation sites (tertiary alicyclic amines) is 2. The number of anilines is 1. The van der Waals surface area contributed by atoms with Crippen LogP contribution in [-0.4, -0.2) is 84.0 Å². The first-order valence-electron chi connectivity index (χ1n) is 13.6. The Bertz CT molecular complexity index is 1240. The molecule has 2 heterocycles. The molecule has 0 aliphatic carbocycles. The molecule has 0 radical (unpaired) electrons. The van der Waals surface area contributed by atoms with E-state index in [1.165, 1.54) is 5.56 Å². The molecule has 1 N–H and O–H groups in total. The zero-order valence-corrected chi connectivity index (χ0v) is 22.7. The van der Waals surface area contributed by atoms with Gasteiger partial charge in [-0.05, 0) is 54.8 Å². The van der Waals surface area contributed by atoms with Crippen LogP contribution in [0.1, 0.15) is 18.4 Å². The van der Waals surface area contributed by atoms with Crippen molar-refractivity contribution in [1.82, 2.24) is 19.6 Å². The van der Waals surface area contributed by atoms with Gasteiger partial charge >= 0.3 is 12.1 Å². The normalized spacial score (nSPS) is 19.1. The third kappa shape index (κ3) is 6.70. The maximum Gasteiger partial charge on any atom is 0.321 e. The van der Waals surface area contributed by atoms with Crippen molar-refractivity contribution in [1.29, 1.82) is 0 Å². The lowest BCUT2D eigenvalue weighted by atomic mass is 10.2. The van der Waals surface area contributed by atoms with Crippen molar-refractivity contribution < 1.29 is 14.3 Å². The van der Waals surface area contributed by atoms with Gasteiger partial charge in [0.15, 0.2) is 0 Å². The second kappa shape index (κ2) is 12.2. The number of hydrogen-bond acceptors (Lipinski definition) is 4. The molecule has 8 heteroatoms. The van der Waals surface area contributed by atoms with Crippen LogP contribution in [0.5, 0.6) is 11.5 Å². The van der Waals surface area contributed by atoms with Gasteiger partial charge in [-0.2, -0.15) is 0 Å². The van der Waals surface area contributed by atoms with Gasteiger partial charge in [-0.15, -0.1) is 0 Å². The number of para-hydroxylation sites is 1. The van der Waals surface area contributed by atoms with Crippen molar-refractivity contribution in [3.63, 3.8) is 0 Å². The largest absolute Gasteiger partial charge is 0.457 e. The van der Waals surface area contributed by atoms with Gasteiger partial charge in [-0.1, -0.05) is 48.5 Å². The quantitative estimate of drug-likeness (QED) is 0.450. The maximum atomic E-state index is 13.3. The fourth-order valence-corrected chi connectivity index (χ4v) is 5.33. The summed E-state index contributed by atoms with van der Waals surface area (Å²) < 4.78 is 5.82. The molecular weight excluding hydrogens is 490 g/mol. The van der Waals surface area contributed by atoms with Crippen molar-refractivity contribution in [3.05, 3.63) is 90.5 Å². The Morgan fingerprint density at radius 2 is 1.41 bits per heavy atom. The predicted octanol–water partition coefficient (Wildman–Crippen LogP) is 5.34. The second-order valence-electron chi connectivity index (χ2n) is 10.4. The van der Waals surface area contributed by atoms with Gasteiger partial charge < -0.3 is 24.8 Å². The van der Waals surface area contributed by atoms with Crippen LogP contribution in [0, 0.1) is 0 Å². The number of likely N-dealkylation sites (N-methyl/N-ethyl adjacent to an activating group) is 2. The number of rotatable bonds is 7. The van der Waals surface area contributed by atoms with E-state index in [1.807, 2.05) is 77.5 Å². The number of hydrogen-bond donors (Lipinski definition) is 1. The SMILES string of the molecule is CN(C(=O)Nc1ccc(Oc2ccccc2)cc1)[C@H]1CCN(C(=O)N(C)[C@@H]2CCN(Cc3ccccc3)C2)C1. The van der Waals surface area contributed by atoms with Gasteiger partial charge in [0, 0.05) is 58.5 Å². The van der Waals surface area contributed by atoms with E-state index >= 15 is 0 Å². The van der Waals surface area contributed by atoms with Crippen molar-refractivity contribution in [2.24, 2.45) is 0 Å². The third-order valence-corrected chi connectivity index (χ3v) is 7.73. The van der Waals surface area contributed by atoms with Crippen LogP contribution in [-0.2, 0) is 6.54 Å². The summed E-state index contributed by atoms with van der Waals surface area (Å²) in [6, 6.07) is 27.4. The summed E-state index contributed by atoms with van der Waals surface area (Å²) in [6.07, 6.45) is 1.74. The minimum Gasteiger partial charge on any atom is -0.457 e. The van der Waals surface area contributed by atoms with Gasteiger partial charge in [0.25, 0.3) is 0 Å². The second-order valence-corrected chi connectivity index (χ2v) is 10.4. The zero-order chi connectivity index (χ0) is 27.2. The number of nitrogens with zero attached hydrogens (tertiary/aromatic N) is 4. The first-order chi connectivity index (χ1) is 19.0. The van der Waals surface area contributed by atoms with Crippen LogP contribution in [0.3, 0.4) is 0 Å². The standard InChI is InChI=1S/C31H37N5O3/c1-33(30(37)32-25-13-15-29(16-14-25)39-28-11-7-4-8-12-28)27-18-20-36(23-27)31(38)34(2)26-17-19-35(22-26)21-24-9-5-3-6-10-24/h3-16,26-27H,17-23H2,1-2H3,(H,32,37)/t26-,27+/m1/s1. The highest BCUT2D eigenvalue weighted by Gasteiger charge is 2.35. The Balaban J connectivity index is 1.08. The molecule has 8 nitrogen and oxygen atoms in total. The molecule has 0 spiro atoms. The van der Waals surface area contributed by atoms with Crippen LogP contribution in [0.2, 0.25) is 0 Å². The summed E-state index contributed by atoms with van der Waals surface area (Å²) in [6.45, 7) is 3.97. The van der Waals surface area contributed by atoms with E-state index in [1.54, 1.807) is 11.9 Å². The lowest BCUT2D eigenvalue weighted by Crippen LogP contribution is -2.48. The number of carbonyl (C=O) groups excluding carboxylic acids is 2. The summed E-state index contributed by atoms with van der Waals surface area (Å²) in [7, 11) is 3.71. The molecule has 0 bridgehead atoms. The summed E-state index contributed by atoms with van der Waals surface area (Å²) in [4.78, 5) is 34.1. The third-order valence-electron chi connectivity index (χ3n) is 7.73. The topological polar surface area (TPSA) is 68.4 Å². The summed E-state index contributed by atoms with van der Waals surface area (Å²) in [5.74, 6) is 1.46. The first-order valence-corrected chi connectivity index (χ1v) is 13.6. The monoisotopic (exact) mass is 527 g/mol. The van der Waals surface area contributed by atoms with Crippen LogP contribution in [0.4, 0.5) is 15.3 Å². The Morgan fingerprint density at radius 1 is 0.795 bits per heavy atom. The van der Waals surface area contributed by atoms with E-state index in [4.69, 9.17) is 4.74 Å². The first kappa shape index (κ1) is 26.6. The fraction of sp³-hybridized carbons (Fsp3) is 0.355. The average Bonchev–Trinajstić information content (AvgIpc) is 3.64. The fourth-order valence-electron chi connectivity index (χ4n) is 5.33. The smallest absolute Gasteiger partial charge is 0.321 e. The molecule has 2 aliphatic heterocycles. The summed E-state index contributed by atoms with van der Waals surface area (Å²) in [5, 5.41) is 2.96. The number of urea groups is 2. The van der Waals surface area contributed by atoms with Gasteiger partial charge in [0.05, 0.1) is 6.04 Å². The molecule has 0 saturated carbocycles. The molecular formula is C31H37N5O3. The van der Waals surface area contributed by atoms with E-state index < -0.39 is 0 Å². The molecule has 3 aromatic rings. The molecule has 3 aromatic carbocycles. The van der Waals surface area contributed by atoms with Crippen molar-refractivity contribution in [3.8, 4) is 11.5 Å². The molecule has 204 valence electrons. The van der Waals surface area contributed by atoms with Crippen molar-refractivity contribution in [2.45, 2.75) is 31.5 Å². The lowest BCUT2D eigenvalue weighted by molar-refractivity contribution is 0.151. The summed E-state index contributed by atoms with van der Waals surface area (Å²) in [5.41, 5.74) is 1.99. The summed E-state index contributed by atoms with van der Waals surface area (Å²) >= 11 is 0. The molecule has 0 aromatic heterocycles. The van der Waals surface area contributed by atoms with E-state index in [2.05, 4.69) is 34.5 Å². The number of benzene rings is 3. The highest BCUT2D eigenvalue weighted by atomic mass is 16.5. The molecule has 2 atom stereocenters. The van der Waals surface area contributed by atoms with Crippen LogP contribution >= 0.6 is 0 Å². The molecule has 2 aliphatic rings. The van der Waals surface area contributed by atoms with Crippen LogP contribution < -0.4 is 10.1 Å². The maximum absolute atomic E-state index is 13.3. The molecule has 0 unspecified atom stereocenters. The Morgan fingerprint density at radius 3 is 2.13 bits per heavy atom. The average molecular weight is 528 g/mol. The minimum absolute atomic E-state index is 0.0267. The van der Waals surface area contributed by atoms with Crippen molar-refractivity contribution in [2.75, 3.05) is 45.6 Å². The van der Waals surface area contributed by atoms with Gasteiger partial charge in [-0.25, -0.2) is 9.59 Å². The van der Waals surface area contributed by atoms with Crippen molar-refractivity contribution >= 4 is 17.7 Å². The van der Waals surface area contributed by atoms with Crippen LogP contribution in [0.15, 0.2) is 84.9 Å². The molecule has 39 heavy (non-hydrogen) atoms. The van der Waals surface area contributed by atoms with Gasteiger partial charge in [0.2, 0.25) is 0 Å². The zero-order valence-electron chi connectivity index (χ0n) is 22.7. The van der Waals surface area contributed by atoms with E-state index in [0.29, 0.717) is 24.5 Å². The number of ether oxygens (including phenoxy) is 1. The number of amides is 4. The highest BCUT2D eigenvalue weighted by Crippen LogP contribution is 2.24. The van der Waals surface area contributed by atoms with Gasteiger partial charge in [0.1, 0.15) is 11.5 Å². The Hall–Kier alpha value is -4.04. The van der Waals surface area contributed by atoms with E-state index in [-0.39, 0.29) is 24.1 Å². The molecule has 5 rings (SSSR count). The highest BCUT2D eigenvalue weighted by molar-refractivity contribution is 5.89. The number of carbonyl (C=O) groups is 2. The van der Waals surface area contributed by atoms with E-state index in [9.17, 15) is 9.59 Å². The minimum atomic E-state index is -0.188. The molecule has 2 saturated heterocycles. The predicted molar refractivity (Wildman–Crippen MR) is 153 cm³/mol. The van der Waals surface area contributed by atoms with Gasteiger partial charge in [-0.3, -0.25) is 4.90 Å². The number of nitrogens with one attached hydrogen (secondary N) is 1. The van der Waals surface area contributed by atoms with Crippen LogP contribution in [0.25, 0.3) is 0 Å². The Labute approximate surface area is 230 Å².